The first-order chi connectivity index (χ1) is 3.41. The second-order valence-electron chi connectivity index (χ2n) is 1.85. The van der Waals surface area contributed by atoms with E-state index in [1.807, 2.05) is 0 Å². The lowest BCUT2D eigenvalue weighted by Gasteiger charge is -1.90. The Morgan fingerprint density at radius 3 is 1.80 bits per heavy atom. The Morgan fingerprint density at radius 2 is 1.50 bits per heavy atom. The molecular formula is C6H20Cl2N2. The van der Waals surface area contributed by atoms with Crippen LogP contribution in [0.5, 0.6) is 0 Å². The van der Waals surface area contributed by atoms with Crippen molar-refractivity contribution < 1.29 is 0 Å². The molecule has 0 saturated carbocycles. The number of nitrogens with two attached hydrogens (primary N) is 1. The van der Waals surface area contributed by atoms with Crippen LogP contribution in [0.25, 0.3) is 0 Å². The van der Waals surface area contributed by atoms with Crippen molar-refractivity contribution in [1.29, 1.82) is 0 Å². The largest absolute Gasteiger partial charge is 0.344 e. The highest BCUT2D eigenvalue weighted by Gasteiger charge is 1.80. The second kappa shape index (κ2) is 22.7. The van der Waals surface area contributed by atoms with E-state index >= 15 is 0 Å². The molecule has 0 heterocycles. The van der Waals surface area contributed by atoms with Crippen LogP contribution in [0.2, 0.25) is 0 Å². The van der Waals surface area contributed by atoms with Gasteiger partial charge in [0.1, 0.15) is 0 Å². The topological polar surface area (TPSA) is 61.0 Å². The molecular weight excluding hydrogens is 171 g/mol. The SMILES string of the molecule is CCCCCCN.Cl.Cl.N. The Labute approximate surface area is 76.3 Å². The van der Waals surface area contributed by atoms with Gasteiger partial charge in [-0.1, -0.05) is 26.2 Å². The fourth-order valence-electron chi connectivity index (χ4n) is 0.571. The molecule has 0 unspecified atom stereocenters. The van der Waals surface area contributed by atoms with Gasteiger partial charge in [0, 0.05) is 0 Å². The van der Waals surface area contributed by atoms with Gasteiger partial charge in [0.2, 0.25) is 0 Å². The third kappa shape index (κ3) is 23.6. The monoisotopic (exact) mass is 190 g/mol. The summed E-state index contributed by atoms with van der Waals surface area (Å²) in [5, 5.41) is 0. The third-order valence-electron chi connectivity index (χ3n) is 1.06. The van der Waals surface area contributed by atoms with Crippen molar-refractivity contribution in [2.75, 3.05) is 6.54 Å². The van der Waals surface area contributed by atoms with Crippen molar-refractivity contribution in [2.24, 2.45) is 5.73 Å². The number of rotatable bonds is 4. The summed E-state index contributed by atoms with van der Waals surface area (Å²) < 4.78 is 0. The van der Waals surface area contributed by atoms with Gasteiger partial charge in [0.05, 0.1) is 0 Å². The van der Waals surface area contributed by atoms with Gasteiger partial charge in [-0.05, 0) is 13.0 Å². The number of hydrogen-bond donors (Lipinski definition) is 2. The molecule has 0 aromatic rings. The Bertz CT molecular complexity index is 32.9. The fourth-order valence-corrected chi connectivity index (χ4v) is 0.571. The van der Waals surface area contributed by atoms with Crippen LogP contribution in [0.4, 0.5) is 0 Å². The maximum Gasteiger partial charge on any atom is -0.00773 e. The maximum atomic E-state index is 5.27. The number of halogens is 2. The zero-order valence-corrected chi connectivity index (χ0v) is 8.27. The standard InChI is InChI=1S/C6H15N.2ClH.H3N/c1-2-3-4-5-6-7;;;/h2-7H2,1H3;2*1H;1H3. The minimum Gasteiger partial charge on any atom is -0.344 e. The zero-order chi connectivity index (χ0) is 5.54. The van der Waals surface area contributed by atoms with Gasteiger partial charge < -0.3 is 11.9 Å². The van der Waals surface area contributed by atoms with Gasteiger partial charge in [-0.3, -0.25) is 0 Å². The van der Waals surface area contributed by atoms with Crippen molar-refractivity contribution in [2.45, 2.75) is 32.6 Å². The van der Waals surface area contributed by atoms with Crippen LogP contribution in [-0.2, 0) is 0 Å². The summed E-state index contributed by atoms with van der Waals surface area (Å²) in [7, 11) is 0. The molecule has 0 aliphatic heterocycles. The molecule has 0 aromatic carbocycles. The quantitative estimate of drug-likeness (QED) is 0.670. The fraction of sp³-hybridized carbons (Fsp3) is 1.00. The first kappa shape index (κ1) is 22.4. The molecule has 0 rings (SSSR count). The zero-order valence-electron chi connectivity index (χ0n) is 6.64. The van der Waals surface area contributed by atoms with Crippen LogP contribution in [0.1, 0.15) is 32.6 Å². The molecule has 0 saturated heterocycles. The molecule has 10 heavy (non-hydrogen) atoms. The lowest BCUT2D eigenvalue weighted by molar-refractivity contribution is 0.674. The van der Waals surface area contributed by atoms with Gasteiger partial charge in [-0.15, -0.1) is 24.8 Å². The van der Waals surface area contributed by atoms with Crippen molar-refractivity contribution in [3.63, 3.8) is 0 Å². The smallest absolute Gasteiger partial charge is 0.00773 e. The van der Waals surface area contributed by atoms with E-state index in [4.69, 9.17) is 5.73 Å². The van der Waals surface area contributed by atoms with Gasteiger partial charge in [-0.2, -0.15) is 0 Å². The van der Waals surface area contributed by atoms with E-state index in [9.17, 15) is 0 Å². The van der Waals surface area contributed by atoms with Crippen molar-refractivity contribution >= 4 is 24.8 Å². The minimum atomic E-state index is 0. The molecule has 0 aromatic heterocycles. The number of unbranched alkanes of at least 4 members (excludes halogenated alkanes) is 3. The average molecular weight is 191 g/mol. The Kier molecular flexibility index (Phi) is 50.9. The summed E-state index contributed by atoms with van der Waals surface area (Å²) in [6, 6.07) is 0. The summed E-state index contributed by atoms with van der Waals surface area (Å²) in [5.41, 5.74) is 5.27. The van der Waals surface area contributed by atoms with E-state index in [0.29, 0.717) is 0 Å². The van der Waals surface area contributed by atoms with Crippen molar-refractivity contribution in [3.05, 3.63) is 0 Å². The highest BCUT2D eigenvalue weighted by Crippen LogP contribution is 1.95. The van der Waals surface area contributed by atoms with Gasteiger partial charge in [0.25, 0.3) is 0 Å². The molecule has 0 aliphatic carbocycles. The lowest BCUT2D eigenvalue weighted by Crippen LogP contribution is -1.97. The summed E-state index contributed by atoms with van der Waals surface area (Å²) in [5.74, 6) is 0. The normalized spacial score (nSPS) is 6.60. The molecule has 5 N–H and O–H groups in total. The van der Waals surface area contributed by atoms with Crippen LogP contribution in [-0.4, -0.2) is 6.54 Å². The van der Waals surface area contributed by atoms with Gasteiger partial charge in [-0.25, -0.2) is 0 Å². The summed E-state index contributed by atoms with van der Waals surface area (Å²) in [6.07, 6.45) is 5.16. The molecule has 0 fully saturated rings. The molecule has 0 atom stereocenters. The van der Waals surface area contributed by atoms with E-state index in [0.717, 1.165) is 6.54 Å². The summed E-state index contributed by atoms with van der Waals surface area (Å²) >= 11 is 0. The van der Waals surface area contributed by atoms with Gasteiger partial charge in [0.15, 0.2) is 0 Å². The first-order valence-electron chi connectivity index (χ1n) is 3.12. The average Bonchev–Trinajstić information content (AvgIpc) is 1.69. The second-order valence-corrected chi connectivity index (χ2v) is 1.85. The molecule has 4 heteroatoms. The van der Waals surface area contributed by atoms with Crippen LogP contribution < -0.4 is 11.9 Å². The van der Waals surface area contributed by atoms with Crippen LogP contribution >= 0.6 is 24.8 Å². The highest BCUT2D eigenvalue weighted by molar-refractivity contribution is 5.85. The van der Waals surface area contributed by atoms with Crippen molar-refractivity contribution in [3.8, 4) is 0 Å². The van der Waals surface area contributed by atoms with E-state index in [1.54, 1.807) is 0 Å². The first-order valence-corrected chi connectivity index (χ1v) is 3.12. The predicted octanol–water partition coefficient (Wildman–Crippen LogP) is 2.53. The van der Waals surface area contributed by atoms with E-state index in [2.05, 4.69) is 6.92 Å². The Hall–Kier alpha value is 0.500. The third-order valence-corrected chi connectivity index (χ3v) is 1.06. The lowest BCUT2D eigenvalue weighted by atomic mass is 10.2. The van der Waals surface area contributed by atoms with E-state index in [1.165, 1.54) is 25.7 Å². The number of hydrogen-bond acceptors (Lipinski definition) is 2. The molecule has 68 valence electrons. The van der Waals surface area contributed by atoms with Crippen LogP contribution in [0, 0.1) is 0 Å². The van der Waals surface area contributed by atoms with Crippen molar-refractivity contribution in [1.82, 2.24) is 6.15 Å². The maximum absolute atomic E-state index is 5.27. The van der Waals surface area contributed by atoms with Gasteiger partial charge >= 0.3 is 0 Å². The molecule has 2 nitrogen and oxygen atoms in total. The molecule has 0 spiro atoms. The predicted molar refractivity (Wildman–Crippen MR) is 52.7 cm³/mol. The Balaban J connectivity index is -0.0000000600. The molecule has 0 amide bonds. The van der Waals surface area contributed by atoms with Crippen LogP contribution in [0.3, 0.4) is 0 Å². The van der Waals surface area contributed by atoms with E-state index in [-0.39, 0.29) is 31.0 Å². The highest BCUT2D eigenvalue weighted by atomic mass is 35.5. The van der Waals surface area contributed by atoms with E-state index < -0.39 is 0 Å². The van der Waals surface area contributed by atoms with Crippen LogP contribution in [0.15, 0.2) is 0 Å². The molecule has 0 radical (unpaired) electrons. The molecule has 0 aliphatic rings. The summed E-state index contributed by atoms with van der Waals surface area (Å²) in [6.45, 7) is 3.07. The Morgan fingerprint density at radius 1 is 1.00 bits per heavy atom. The summed E-state index contributed by atoms with van der Waals surface area (Å²) in [4.78, 5) is 0. The minimum absolute atomic E-state index is 0. The molecule has 0 bridgehead atoms.